The third kappa shape index (κ3) is 5.71. The van der Waals surface area contributed by atoms with Crippen LogP contribution in [0.1, 0.15) is 41.8 Å². The van der Waals surface area contributed by atoms with E-state index in [0.29, 0.717) is 13.0 Å². The normalized spacial score (nSPS) is 19.4. The number of amides is 1. The van der Waals surface area contributed by atoms with Gasteiger partial charge in [-0.2, -0.15) is 5.10 Å². The Hall–Kier alpha value is -1.70. The lowest BCUT2D eigenvalue weighted by Gasteiger charge is -2.34. The summed E-state index contributed by atoms with van der Waals surface area (Å²) in [7, 11) is 1.90. The van der Waals surface area contributed by atoms with E-state index < -0.39 is 11.6 Å². The molecule has 2 aromatic rings. The van der Waals surface area contributed by atoms with E-state index in [2.05, 4.69) is 15.7 Å². The number of hydrogen-bond acceptors (Lipinski definition) is 3. The summed E-state index contributed by atoms with van der Waals surface area (Å²) in [5.74, 6) is -2.00. The van der Waals surface area contributed by atoms with Crippen molar-refractivity contribution < 1.29 is 13.6 Å². The van der Waals surface area contributed by atoms with E-state index in [4.69, 9.17) is 0 Å². The van der Waals surface area contributed by atoms with Crippen molar-refractivity contribution in [3.05, 3.63) is 52.3 Å². The first-order valence-corrected chi connectivity index (χ1v) is 9.73. The van der Waals surface area contributed by atoms with E-state index in [-0.39, 0.29) is 48.6 Å². The van der Waals surface area contributed by atoms with Gasteiger partial charge in [-0.05, 0) is 56.5 Å². The SMILES string of the molecule is Cc1nn(C)c(C)c1CC(C)C(=O)NC1CNCCC1c1ccc(F)c(F)c1.Cl.Cl. The number of carbonyl (C=O) groups is 1. The van der Waals surface area contributed by atoms with Gasteiger partial charge in [0, 0.05) is 37.2 Å². The first kappa shape index (κ1) is 26.3. The summed E-state index contributed by atoms with van der Waals surface area (Å²) >= 11 is 0. The molecule has 1 aliphatic rings. The molecule has 3 rings (SSSR count). The molecule has 5 nitrogen and oxygen atoms in total. The molecule has 2 N–H and O–H groups in total. The third-order valence-corrected chi connectivity index (χ3v) is 5.80. The van der Waals surface area contributed by atoms with Gasteiger partial charge >= 0.3 is 0 Å². The molecule has 1 saturated heterocycles. The van der Waals surface area contributed by atoms with Crippen molar-refractivity contribution in [2.75, 3.05) is 13.1 Å². The molecule has 0 saturated carbocycles. The number of aryl methyl sites for hydroxylation is 2. The maximum atomic E-state index is 13.7. The fourth-order valence-corrected chi connectivity index (χ4v) is 3.99. The lowest BCUT2D eigenvalue weighted by atomic mass is 9.85. The predicted octanol–water partition coefficient (Wildman–Crippen LogP) is 3.60. The second kappa shape index (κ2) is 11.1. The highest BCUT2D eigenvalue weighted by Crippen LogP contribution is 2.27. The Morgan fingerprint density at radius 3 is 2.60 bits per heavy atom. The zero-order valence-electron chi connectivity index (χ0n) is 17.7. The molecule has 9 heteroatoms. The zero-order chi connectivity index (χ0) is 20.4. The van der Waals surface area contributed by atoms with E-state index in [9.17, 15) is 13.6 Å². The Morgan fingerprint density at radius 1 is 1.30 bits per heavy atom. The van der Waals surface area contributed by atoms with Gasteiger partial charge in [0.05, 0.1) is 5.69 Å². The van der Waals surface area contributed by atoms with Crippen LogP contribution in [0.5, 0.6) is 0 Å². The molecule has 3 unspecified atom stereocenters. The third-order valence-electron chi connectivity index (χ3n) is 5.80. The molecular formula is C21H30Cl2F2N4O. The predicted molar refractivity (Wildman–Crippen MR) is 119 cm³/mol. The minimum atomic E-state index is -0.853. The van der Waals surface area contributed by atoms with Crippen LogP contribution in [0.3, 0.4) is 0 Å². The van der Waals surface area contributed by atoms with Gasteiger partial charge in [0.25, 0.3) is 0 Å². The lowest BCUT2D eigenvalue weighted by molar-refractivity contribution is -0.125. The molecule has 1 aromatic heterocycles. The Bertz CT molecular complexity index is 875. The molecular weight excluding hydrogens is 433 g/mol. The van der Waals surface area contributed by atoms with Crippen molar-refractivity contribution in [1.29, 1.82) is 0 Å². The van der Waals surface area contributed by atoms with E-state index in [1.807, 2.05) is 32.5 Å². The van der Waals surface area contributed by atoms with Gasteiger partial charge in [-0.25, -0.2) is 8.78 Å². The number of aromatic nitrogens is 2. The molecule has 1 amide bonds. The smallest absolute Gasteiger partial charge is 0.223 e. The van der Waals surface area contributed by atoms with E-state index in [1.165, 1.54) is 6.07 Å². The summed E-state index contributed by atoms with van der Waals surface area (Å²) in [4.78, 5) is 12.8. The summed E-state index contributed by atoms with van der Waals surface area (Å²) in [6, 6.07) is 3.85. The minimum Gasteiger partial charge on any atom is -0.351 e. The van der Waals surface area contributed by atoms with Crippen LogP contribution in [-0.2, 0) is 18.3 Å². The molecule has 0 radical (unpaired) electrons. The highest BCUT2D eigenvalue weighted by Gasteiger charge is 2.30. The molecule has 1 aromatic carbocycles. The van der Waals surface area contributed by atoms with Gasteiger partial charge in [-0.1, -0.05) is 13.0 Å². The van der Waals surface area contributed by atoms with Gasteiger partial charge in [0.15, 0.2) is 11.6 Å². The lowest BCUT2D eigenvalue weighted by Crippen LogP contribution is -2.51. The molecule has 168 valence electrons. The number of piperidine rings is 1. The molecule has 0 aliphatic carbocycles. The van der Waals surface area contributed by atoms with Gasteiger partial charge < -0.3 is 10.6 Å². The van der Waals surface area contributed by atoms with Crippen LogP contribution in [-0.4, -0.2) is 34.8 Å². The number of hydrogen-bond donors (Lipinski definition) is 2. The van der Waals surface area contributed by atoms with Crippen LogP contribution in [0, 0.1) is 31.4 Å². The van der Waals surface area contributed by atoms with Gasteiger partial charge in [-0.15, -0.1) is 24.8 Å². The molecule has 1 aliphatic heterocycles. The number of rotatable bonds is 5. The number of benzene rings is 1. The second-order valence-corrected chi connectivity index (χ2v) is 7.77. The Labute approximate surface area is 188 Å². The monoisotopic (exact) mass is 462 g/mol. The summed E-state index contributed by atoms with van der Waals surface area (Å²) < 4.78 is 28.8. The Kier molecular flexibility index (Phi) is 9.72. The number of halogens is 4. The highest BCUT2D eigenvalue weighted by atomic mass is 35.5. The maximum Gasteiger partial charge on any atom is 0.223 e. The highest BCUT2D eigenvalue weighted by molar-refractivity contribution is 5.85. The minimum absolute atomic E-state index is 0. The van der Waals surface area contributed by atoms with Crippen LogP contribution >= 0.6 is 24.8 Å². The quantitative estimate of drug-likeness (QED) is 0.713. The fraction of sp³-hybridized carbons (Fsp3) is 0.524. The number of nitrogens with zero attached hydrogens (tertiary/aromatic N) is 2. The molecule has 0 spiro atoms. The molecule has 30 heavy (non-hydrogen) atoms. The molecule has 2 heterocycles. The van der Waals surface area contributed by atoms with Crippen molar-refractivity contribution in [2.24, 2.45) is 13.0 Å². The van der Waals surface area contributed by atoms with Crippen LogP contribution < -0.4 is 10.6 Å². The zero-order valence-corrected chi connectivity index (χ0v) is 19.3. The largest absolute Gasteiger partial charge is 0.351 e. The standard InChI is InChI=1S/C21H28F2N4O.2ClH/c1-12(9-17-13(2)26-27(4)14(17)3)21(28)25-20-11-24-8-7-16(20)15-5-6-18(22)19(23)10-15;;/h5-6,10,12,16,20,24H,7-9,11H2,1-4H3,(H,25,28);2*1H. The first-order valence-electron chi connectivity index (χ1n) is 9.73. The summed E-state index contributed by atoms with van der Waals surface area (Å²) in [6.45, 7) is 7.25. The summed E-state index contributed by atoms with van der Waals surface area (Å²) in [5, 5.41) is 10.8. The molecule has 3 atom stereocenters. The van der Waals surface area contributed by atoms with Crippen molar-refractivity contribution in [3.8, 4) is 0 Å². The van der Waals surface area contributed by atoms with Crippen LogP contribution in [0.15, 0.2) is 18.2 Å². The topological polar surface area (TPSA) is 59.0 Å². The number of carbonyl (C=O) groups excluding carboxylic acids is 1. The van der Waals surface area contributed by atoms with E-state index in [0.717, 1.165) is 41.5 Å². The average Bonchev–Trinajstić information content (AvgIpc) is 2.90. The van der Waals surface area contributed by atoms with Crippen molar-refractivity contribution >= 4 is 30.7 Å². The number of nitrogens with one attached hydrogen (secondary N) is 2. The maximum absolute atomic E-state index is 13.7. The van der Waals surface area contributed by atoms with E-state index in [1.54, 1.807) is 6.07 Å². The summed E-state index contributed by atoms with van der Waals surface area (Å²) in [6.07, 6.45) is 1.37. The first-order chi connectivity index (χ1) is 13.3. The Morgan fingerprint density at radius 2 is 2.00 bits per heavy atom. The van der Waals surface area contributed by atoms with Crippen molar-refractivity contribution in [3.63, 3.8) is 0 Å². The van der Waals surface area contributed by atoms with Crippen molar-refractivity contribution in [1.82, 2.24) is 20.4 Å². The van der Waals surface area contributed by atoms with Gasteiger partial charge in [0.1, 0.15) is 0 Å². The Balaban J connectivity index is 0.00000225. The van der Waals surface area contributed by atoms with Crippen LogP contribution in [0.4, 0.5) is 8.78 Å². The van der Waals surface area contributed by atoms with Gasteiger partial charge in [-0.3, -0.25) is 9.48 Å². The van der Waals surface area contributed by atoms with Crippen LogP contribution in [0.25, 0.3) is 0 Å². The summed E-state index contributed by atoms with van der Waals surface area (Å²) in [5.41, 5.74) is 3.83. The average molecular weight is 463 g/mol. The van der Waals surface area contributed by atoms with Crippen LogP contribution in [0.2, 0.25) is 0 Å². The van der Waals surface area contributed by atoms with E-state index >= 15 is 0 Å². The molecule has 0 bridgehead atoms. The van der Waals surface area contributed by atoms with Crippen molar-refractivity contribution in [2.45, 2.75) is 45.6 Å². The van der Waals surface area contributed by atoms with Gasteiger partial charge in [0.2, 0.25) is 5.91 Å². The second-order valence-electron chi connectivity index (χ2n) is 7.77. The molecule has 1 fully saturated rings. The fourth-order valence-electron chi connectivity index (χ4n) is 3.99.